The molecule has 122 valence electrons. The fourth-order valence-electron chi connectivity index (χ4n) is 3.07. The number of nitrogens with one attached hydrogen (secondary N) is 1. The lowest BCUT2D eigenvalue weighted by molar-refractivity contribution is -0.922. The number of rotatable bonds is 3. The van der Waals surface area contributed by atoms with Crippen molar-refractivity contribution in [2.45, 2.75) is 12.5 Å². The van der Waals surface area contributed by atoms with Crippen molar-refractivity contribution in [1.29, 1.82) is 0 Å². The number of nitrogens with zero attached hydrogens (tertiary/aromatic N) is 1. The van der Waals surface area contributed by atoms with Gasteiger partial charge in [-0.1, -0.05) is 0 Å². The van der Waals surface area contributed by atoms with Crippen molar-refractivity contribution in [2.75, 3.05) is 38.3 Å². The molecule has 3 rings (SSSR count). The molecule has 7 nitrogen and oxygen atoms in total. The van der Waals surface area contributed by atoms with E-state index in [-0.39, 0.29) is 24.3 Å². The summed E-state index contributed by atoms with van der Waals surface area (Å²) in [6, 6.07) is 5.96. The van der Waals surface area contributed by atoms with Gasteiger partial charge in [0, 0.05) is 0 Å². The van der Waals surface area contributed by atoms with Gasteiger partial charge >= 0.3 is 5.97 Å². The first-order valence-electron chi connectivity index (χ1n) is 7.59. The van der Waals surface area contributed by atoms with Crippen LogP contribution in [-0.4, -0.2) is 57.2 Å². The van der Waals surface area contributed by atoms with E-state index in [4.69, 9.17) is 4.74 Å². The highest BCUT2D eigenvalue weighted by Crippen LogP contribution is 2.22. The molecular weight excluding hydrogens is 300 g/mol. The van der Waals surface area contributed by atoms with Crippen molar-refractivity contribution in [3.63, 3.8) is 0 Å². The minimum Gasteiger partial charge on any atom is -0.465 e. The Bertz CT molecular complexity index is 622. The molecule has 0 spiro atoms. The van der Waals surface area contributed by atoms with Crippen LogP contribution in [0.1, 0.15) is 16.8 Å². The van der Waals surface area contributed by atoms with E-state index in [0.717, 1.165) is 18.0 Å². The van der Waals surface area contributed by atoms with E-state index in [1.165, 1.54) is 12.0 Å². The zero-order valence-corrected chi connectivity index (χ0v) is 12.9. The van der Waals surface area contributed by atoms with Crippen molar-refractivity contribution in [1.82, 2.24) is 0 Å². The number of hydrogen-bond donors (Lipinski definition) is 1. The molecule has 7 heteroatoms. The Labute approximate surface area is 133 Å². The van der Waals surface area contributed by atoms with Crippen molar-refractivity contribution in [3.8, 4) is 0 Å². The molecule has 2 aliphatic heterocycles. The first-order chi connectivity index (χ1) is 11.1. The van der Waals surface area contributed by atoms with Gasteiger partial charge in [-0.2, -0.15) is 0 Å². The molecule has 2 fully saturated rings. The molecule has 1 aromatic carbocycles. The maximum atomic E-state index is 12.6. The smallest absolute Gasteiger partial charge is 0.337 e. The number of anilines is 1. The molecule has 2 saturated heterocycles. The highest BCUT2D eigenvalue weighted by Gasteiger charge is 2.46. The summed E-state index contributed by atoms with van der Waals surface area (Å²) >= 11 is 0. The van der Waals surface area contributed by atoms with Gasteiger partial charge in [-0.3, -0.25) is 9.59 Å². The van der Waals surface area contributed by atoms with Gasteiger partial charge in [-0.05, 0) is 24.3 Å². The monoisotopic (exact) mass is 319 g/mol. The van der Waals surface area contributed by atoms with Crippen molar-refractivity contribution in [2.24, 2.45) is 0 Å². The summed E-state index contributed by atoms with van der Waals surface area (Å²) in [4.78, 5) is 38.7. The third kappa shape index (κ3) is 2.97. The molecular formula is C16H19N2O5+. The Morgan fingerprint density at radius 3 is 2.48 bits per heavy atom. The highest BCUT2D eigenvalue weighted by molar-refractivity contribution is 6.21. The predicted octanol–water partition coefficient (Wildman–Crippen LogP) is -0.980. The first-order valence-corrected chi connectivity index (χ1v) is 7.59. The van der Waals surface area contributed by atoms with Gasteiger partial charge in [0.1, 0.15) is 13.1 Å². The maximum Gasteiger partial charge on any atom is 0.337 e. The van der Waals surface area contributed by atoms with E-state index >= 15 is 0 Å². The molecule has 23 heavy (non-hydrogen) atoms. The summed E-state index contributed by atoms with van der Waals surface area (Å²) in [5.74, 6) is -0.839. The van der Waals surface area contributed by atoms with E-state index < -0.39 is 5.97 Å². The van der Waals surface area contributed by atoms with Gasteiger partial charge in [0.2, 0.25) is 5.91 Å². The van der Waals surface area contributed by atoms with Gasteiger partial charge in [0.15, 0.2) is 6.04 Å². The zero-order chi connectivity index (χ0) is 16.4. The molecule has 0 saturated carbocycles. The molecule has 1 atom stereocenters. The van der Waals surface area contributed by atoms with Crippen LogP contribution in [0.2, 0.25) is 0 Å². The number of carbonyl (C=O) groups excluding carboxylic acids is 3. The van der Waals surface area contributed by atoms with E-state index in [2.05, 4.69) is 4.74 Å². The fourth-order valence-corrected chi connectivity index (χ4v) is 3.07. The Hall–Kier alpha value is -2.25. The SMILES string of the molecule is COC(=O)c1ccc(N2C(=O)C[C@H]([NH+]3CCOCC3)C2=O)cc1. The third-order valence-corrected chi connectivity index (χ3v) is 4.32. The number of quaternary nitrogens is 1. The summed E-state index contributed by atoms with van der Waals surface area (Å²) in [5, 5.41) is 0. The standard InChI is InChI=1S/C16H18N2O5/c1-22-16(21)11-2-4-12(5-3-11)18-14(19)10-13(15(18)20)17-6-8-23-9-7-17/h2-5,13H,6-10H2,1H3/p+1/t13-/m0/s1. The second-order valence-corrected chi connectivity index (χ2v) is 5.63. The van der Waals surface area contributed by atoms with Crippen LogP contribution in [0.15, 0.2) is 24.3 Å². The molecule has 0 radical (unpaired) electrons. The number of amides is 2. The number of methoxy groups -OCH3 is 1. The maximum absolute atomic E-state index is 12.6. The number of morpholine rings is 1. The lowest BCUT2D eigenvalue weighted by atomic mass is 10.2. The number of carbonyl (C=O) groups is 3. The Balaban J connectivity index is 1.78. The largest absolute Gasteiger partial charge is 0.465 e. The number of hydrogen-bond acceptors (Lipinski definition) is 5. The van der Waals surface area contributed by atoms with Crippen molar-refractivity contribution in [3.05, 3.63) is 29.8 Å². The summed E-state index contributed by atoms with van der Waals surface area (Å²) < 4.78 is 9.94. The normalized spacial score (nSPS) is 22.5. The van der Waals surface area contributed by atoms with Gasteiger partial charge in [-0.15, -0.1) is 0 Å². The van der Waals surface area contributed by atoms with Crippen LogP contribution in [0, 0.1) is 0 Å². The average Bonchev–Trinajstić information content (AvgIpc) is 2.89. The quantitative estimate of drug-likeness (QED) is 0.572. The van der Waals surface area contributed by atoms with Crippen LogP contribution in [0.4, 0.5) is 5.69 Å². The molecule has 0 aromatic heterocycles. The predicted molar refractivity (Wildman–Crippen MR) is 80.2 cm³/mol. The highest BCUT2D eigenvalue weighted by atomic mass is 16.5. The molecule has 2 amide bonds. The Morgan fingerprint density at radius 1 is 1.22 bits per heavy atom. The second-order valence-electron chi connectivity index (χ2n) is 5.63. The van der Waals surface area contributed by atoms with Gasteiger partial charge < -0.3 is 14.4 Å². The molecule has 2 aliphatic rings. The zero-order valence-electron chi connectivity index (χ0n) is 12.9. The van der Waals surface area contributed by atoms with Crippen LogP contribution >= 0.6 is 0 Å². The van der Waals surface area contributed by atoms with Crippen LogP contribution in [0.25, 0.3) is 0 Å². The molecule has 1 aromatic rings. The van der Waals surface area contributed by atoms with E-state index in [1.807, 2.05) is 0 Å². The number of benzene rings is 1. The average molecular weight is 319 g/mol. The van der Waals surface area contributed by atoms with Gasteiger partial charge in [-0.25, -0.2) is 9.69 Å². The Kier molecular flexibility index (Phi) is 4.40. The van der Waals surface area contributed by atoms with Crippen LogP contribution in [0.5, 0.6) is 0 Å². The van der Waals surface area contributed by atoms with Crippen molar-refractivity contribution < 1.29 is 28.8 Å². The minimum absolute atomic E-state index is 0.183. The summed E-state index contributed by atoms with van der Waals surface area (Å²) in [7, 11) is 1.31. The van der Waals surface area contributed by atoms with Gasteiger partial charge in [0.25, 0.3) is 5.91 Å². The van der Waals surface area contributed by atoms with Crippen LogP contribution < -0.4 is 9.80 Å². The number of esters is 1. The lowest BCUT2D eigenvalue weighted by Crippen LogP contribution is -3.18. The van der Waals surface area contributed by atoms with Gasteiger partial charge in [0.05, 0.1) is 38.0 Å². The van der Waals surface area contributed by atoms with E-state index in [1.54, 1.807) is 24.3 Å². The molecule has 1 N–H and O–H groups in total. The number of imide groups is 1. The minimum atomic E-state index is -0.453. The van der Waals surface area contributed by atoms with E-state index in [0.29, 0.717) is 24.5 Å². The van der Waals surface area contributed by atoms with Crippen molar-refractivity contribution >= 4 is 23.5 Å². The molecule has 0 aliphatic carbocycles. The second kappa shape index (κ2) is 6.47. The fraction of sp³-hybridized carbons (Fsp3) is 0.438. The summed E-state index contributed by atoms with van der Waals surface area (Å²) in [6.45, 7) is 2.69. The lowest BCUT2D eigenvalue weighted by Gasteiger charge is -2.27. The summed E-state index contributed by atoms with van der Waals surface area (Å²) in [6.07, 6.45) is 0.215. The molecule has 0 unspecified atom stereocenters. The molecule has 2 heterocycles. The van der Waals surface area contributed by atoms with E-state index in [9.17, 15) is 14.4 Å². The third-order valence-electron chi connectivity index (χ3n) is 4.32. The molecule has 0 bridgehead atoms. The Morgan fingerprint density at radius 2 is 1.87 bits per heavy atom. The topological polar surface area (TPSA) is 77.3 Å². The van der Waals surface area contributed by atoms with Crippen LogP contribution in [0.3, 0.4) is 0 Å². The summed E-state index contributed by atoms with van der Waals surface area (Å²) in [5.41, 5.74) is 0.869. The van der Waals surface area contributed by atoms with Crippen LogP contribution in [-0.2, 0) is 19.1 Å². The first kappa shape index (κ1) is 15.6. The number of ether oxygens (including phenoxy) is 2.